The zero-order chi connectivity index (χ0) is 12.5. The molecular formula is C15H25NO. The third-order valence-electron chi connectivity index (χ3n) is 3.03. The maximum Gasteiger partial charge on any atom is 0.0476 e. The Kier molecular flexibility index (Phi) is 6.90. The molecule has 0 spiro atoms. The maximum absolute atomic E-state index is 5.08. The molecule has 96 valence electrons. The van der Waals surface area contributed by atoms with Crippen LogP contribution in [0.25, 0.3) is 0 Å². The lowest BCUT2D eigenvalue weighted by Crippen LogP contribution is -2.35. The van der Waals surface area contributed by atoms with Gasteiger partial charge < -0.3 is 10.1 Å². The largest absolute Gasteiger partial charge is 0.385 e. The van der Waals surface area contributed by atoms with Gasteiger partial charge in [0.1, 0.15) is 0 Å². The average molecular weight is 235 g/mol. The summed E-state index contributed by atoms with van der Waals surface area (Å²) < 4.78 is 5.08. The highest BCUT2D eigenvalue weighted by atomic mass is 16.5. The van der Waals surface area contributed by atoms with Crippen molar-refractivity contribution in [1.29, 1.82) is 0 Å². The lowest BCUT2D eigenvalue weighted by atomic mass is 10.1. The molecule has 2 heteroatoms. The van der Waals surface area contributed by atoms with E-state index in [0.29, 0.717) is 12.1 Å². The Labute approximate surface area is 105 Å². The van der Waals surface area contributed by atoms with Gasteiger partial charge >= 0.3 is 0 Å². The summed E-state index contributed by atoms with van der Waals surface area (Å²) in [6.07, 6.45) is 3.40. The molecule has 0 aromatic heterocycles. The molecule has 1 aromatic carbocycles. The monoisotopic (exact) mass is 235 g/mol. The van der Waals surface area contributed by atoms with Gasteiger partial charge in [0.15, 0.2) is 0 Å². The fourth-order valence-corrected chi connectivity index (χ4v) is 1.97. The highest BCUT2D eigenvalue weighted by Gasteiger charge is 2.07. The van der Waals surface area contributed by atoms with E-state index >= 15 is 0 Å². The highest BCUT2D eigenvalue weighted by molar-refractivity contribution is 5.14. The molecule has 1 aromatic rings. The van der Waals surface area contributed by atoms with Crippen molar-refractivity contribution in [3.05, 3.63) is 35.9 Å². The molecule has 0 fully saturated rings. The molecule has 0 aliphatic heterocycles. The number of rotatable bonds is 8. The standard InChI is InChI=1S/C15H25NO/c1-13(16-14(2)11-12-17-3)9-10-15-7-5-4-6-8-15/h4-8,13-14,16H,9-12H2,1-3H3. The van der Waals surface area contributed by atoms with E-state index in [1.807, 2.05) is 0 Å². The fourth-order valence-electron chi connectivity index (χ4n) is 1.97. The first-order valence-corrected chi connectivity index (χ1v) is 6.51. The van der Waals surface area contributed by atoms with Crippen LogP contribution in [-0.2, 0) is 11.2 Å². The number of nitrogens with one attached hydrogen (secondary N) is 1. The number of hydrogen-bond acceptors (Lipinski definition) is 2. The first-order chi connectivity index (χ1) is 8.22. The lowest BCUT2D eigenvalue weighted by molar-refractivity contribution is 0.182. The van der Waals surface area contributed by atoms with Crippen LogP contribution in [0.4, 0.5) is 0 Å². The summed E-state index contributed by atoms with van der Waals surface area (Å²) in [6.45, 7) is 5.31. The molecule has 2 unspecified atom stereocenters. The normalized spacial score (nSPS) is 14.5. The third kappa shape index (κ3) is 6.44. The van der Waals surface area contributed by atoms with Crippen LogP contribution in [0.5, 0.6) is 0 Å². The molecule has 1 N–H and O–H groups in total. The number of benzene rings is 1. The van der Waals surface area contributed by atoms with E-state index in [2.05, 4.69) is 49.5 Å². The summed E-state index contributed by atoms with van der Waals surface area (Å²) in [5.74, 6) is 0. The second kappa shape index (κ2) is 8.26. The lowest BCUT2D eigenvalue weighted by Gasteiger charge is -2.19. The summed E-state index contributed by atoms with van der Waals surface area (Å²) in [5, 5.41) is 3.60. The summed E-state index contributed by atoms with van der Waals surface area (Å²) in [5.41, 5.74) is 1.42. The van der Waals surface area contributed by atoms with E-state index < -0.39 is 0 Å². The van der Waals surface area contributed by atoms with Crippen LogP contribution in [-0.4, -0.2) is 25.8 Å². The Morgan fingerprint density at radius 1 is 1.06 bits per heavy atom. The van der Waals surface area contributed by atoms with Crippen molar-refractivity contribution in [2.24, 2.45) is 0 Å². The molecule has 2 nitrogen and oxygen atoms in total. The zero-order valence-corrected chi connectivity index (χ0v) is 11.3. The SMILES string of the molecule is COCCC(C)NC(C)CCc1ccccc1. The summed E-state index contributed by atoms with van der Waals surface area (Å²) in [4.78, 5) is 0. The number of aryl methyl sites for hydroxylation is 1. The molecule has 2 atom stereocenters. The first-order valence-electron chi connectivity index (χ1n) is 6.51. The van der Waals surface area contributed by atoms with Gasteiger partial charge in [-0.3, -0.25) is 0 Å². The first kappa shape index (κ1) is 14.2. The number of methoxy groups -OCH3 is 1. The predicted octanol–water partition coefficient (Wildman–Crippen LogP) is 3.02. The van der Waals surface area contributed by atoms with E-state index in [1.165, 1.54) is 12.0 Å². The Bertz CT molecular complexity index is 286. The van der Waals surface area contributed by atoms with Crippen molar-refractivity contribution in [3.8, 4) is 0 Å². The number of ether oxygens (including phenoxy) is 1. The van der Waals surface area contributed by atoms with Gasteiger partial charge in [0.2, 0.25) is 0 Å². The summed E-state index contributed by atoms with van der Waals surface area (Å²) in [7, 11) is 1.76. The van der Waals surface area contributed by atoms with Gasteiger partial charge in [-0.1, -0.05) is 30.3 Å². The van der Waals surface area contributed by atoms with Crippen LogP contribution >= 0.6 is 0 Å². The van der Waals surface area contributed by atoms with Crippen molar-refractivity contribution in [3.63, 3.8) is 0 Å². The number of hydrogen-bond donors (Lipinski definition) is 1. The van der Waals surface area contributed by atoms with Gasteiger partial charge in [-0.25, -0.2) is 0 Å². The van der Waals surface area contributed by atoms with Gasteiger partial charge in [-0.15, -0.1) is 0 Å². The Morgan fingerprint density at radius 3 is 2.35 bits per heavy atom. The minimum Gasteiger partial charge on any atom is -0.385 e. The zero-order valence-electron chi connectivity index (χ0n) is 11.3. The van der Waals surface area contributed by atoms with Crippen LogP contribution < -0.4 is 5.32 Å². The van der Waals surface area contributed by atoms with Crippen molar-refractivity contribution in [2.75, 3.05) is 13.7 Å². The smallest absolute Gasteiger partial charge is 0.0476 e. The van der Waals surface area contributed by atoms with Gasteiger partial charge in [0.05, 0.1) is 0 Å². The van der Waals surface area contributed by atoms with E-state index in [1.54, 1.807) is 7.11 Å². The highest BCUT2D eigenvalue weighted by Crippen LogP contribution is 2.05. The average Bonchev–Trinajstić information content (AvgIpc) is 2.35. The molecule has 0 aliphatic rings. The fraction of sp³-hybridized carbons (Fsp3) is 0.600. The van der Waals surface area contributed by atoms with Gasteiger partial charge in [0.25, 0.3) is 0 Å². The molecule has 0 heterocycles. The summed E-state index contributed by atoms with van der Waals surface area (Å²) in [6, 6.07) is 11.8. The Hall–Kier alpha value is -0.860. The van der Waals surface area contributed by atoms with Crippen LogP contribution in [0.15, 0.2) is 30.3 Å². The predicted molar refractivity (Wildman–Crippen MR) is 73.3 cm³/mol. The van der Waals surface area contributed by atoms with E-state index in [4.69, 9.17) is 4.74 Å². The van der Waals surface area contributed by atoms with E-state index in [0.717, 1.165) is 19.4 Å². The topological polar surface area (TPSA) is 21.3 Å². The molecule has 0 saturated heterocycles. The van der Waals surface area contributed by atoms with Crippen molar-refractivity contribution in [2.45, 2.75) is 45.2 Å². The minimum absolute atomic E-state index is 0.528. The third-order valence-corrected chi connectivity index (χ3v) is 3.03. The second-order valence-electron chi connectivity index (χ2n) is 4.77. The van der Waals surface area contributed by atoms with Crippen LogP contribution in [0, 0.1) is 0 Å². The molecule has 0 radical (unpaired) electrons. The van der Waals surface area contributed by atoms with Crippen LogP contribution in [0.3, 0.4) is 0 Å². The van der Waals surface area contributed by atoms with Gasteiger partial charge in [0, 0.05) is 25.8 Å². The maximum atomic E-state index is 5.08. The molecule has 0 saturated carbocycles. The van der Waals surface area contributed by atoms with Crippen LogP contribution in [0.2, 0.25) is 0 Å². The van der Waals surface area contributed by atoms with Gasteiger partial charge in [-0.05, 0) is 38.7 Å². The molecule has 0 bridgehead atoms. The Morgan fingerprint density at radius 2 is 1.71 bits per heavy atom. The molecule has 1 rings (SSSR count). The molecule has 17 heavy (non-hydrogen) atoms. The van der Waals surface area contributed by atoms with Crippen LogP contribution in [0.1, 0.15) is 32.3 Å². The molecular weight excluding hydrogens is 210 g/mol. The van der Waals surface area contributed by atoms with E-state index in [-0.39, 0.29) is 0 Å². The van der Waals surface area contributed by atoms with Gasteiger partial charge in [-0.2, -0.15) is 0 Å². The quantitative estimate of drug-likeness (QED) is 0.748. The molecule has 0 aliphatic carbocycles. The summed E-state index contributed by atoms with van der Waals surface area (Å²) >= 11 is 0. The molecule has 0 amide bonds. The minimum atomic E-state index is 0.528. The van der Waals surface area contributed by atoms with Crippen molar-refractivity contribution in [1.82, 2.24) is 5.32 Å². The second-order valence-corrected chi connectivity index (χ2v) is 4.77. The van der Waals surface area contributed by atoms with E-state index in [9.17, 15) is 0 Å². The van der Waals surface area contributed by atoms with Crippen molar-refractivity contribution < 1.29 is 4.74 Å². The Balaban J connectivity index is 2.19. The van der Waals surface area contributed by atoms with Crippen molar-refractivity contribution >= 4 is 0 Å².